The second-order valence-corrected chi connectivity index (χ2v) is 7.41. The van der Waals surface area contributed by atoms with Gasteiger partial charge in [0.15, 0.2) is 11.5 Å². The first-order valence-corrected chi connectivity index (χ1v) is 9.65. The summed E-state index contributed by atoms with van der Waals surface area (Å²) in [5.41, 5.74) is 9.77. The van der Waals surface area contributed by atoms with Crippen molar-refractivity contribution >= 4 is 11.9 Å². The molecule has 2 aliphatic rings. The average Bonchev–Trinajstić information content (AvgIpc) is 3.33. The van der Waals surface area contributed by atoms with Crippen LogP contribution in [0.2, 0.25) is 0 Å². The van der Waals surface area contributed by atoms with Crippen LogP contribution in [-0.2, 0) is 16.8 Å². The molecule has 2 aliphatic heterocycles. The molecular formula is C24H21N3O2. The van der Waals surface area contributed by atoms with E-state index in [9.17, 15) is 4.79 Å². The molecule has 144 valence electrons. The highest BCUT2D eigenvalue weighted by Crippen LogP contribution is 2.41. The maximum Gasteiger partial charge on any atom is 0.266 e. The molecule has 0 aliphatic carbocycles. The first-order chi connectivity index (χ1) is 14.1. The number of carbonyl (C=O) groups excluding carboxylic acids is 1. The largest absolute Gasteiger partial charge is 0.493 e. The van der Waals surface area contributed by atoms with Gasteiger partial charge < -0.3 is 10.5 Å². The van der Waals surface area contributed by atoms with Gasteiger partial charge in [-0.25, -0.2) is 4.99 Å². The van der Waals surface area contributed by atoms with Crippen LogP contribution >= 0.6 is 0 Å². The SMILES string of the molecule is CN1C(=O)C(c2ccccc2)(c2cccc(-c3ccc4c(c3)OCC4)c2)N=C1N. The molecule has 0 bridgehead atoms. The fourth-order valence-corrected chi connectivity index (χ4v) is 4.13. The van der Waals surface area contributed by atoms with Crippen molar-refractivity contribution in [2.45, 2.75) is 12.0 Å². The maximum atomic E-state index is 13.4. The van der Waals surface area contributed by atoms with Crippen LogP contribution in [0.4, 0.5) is 0 Å². The lowest BCUT2D eigenvalue weighted by atomic mass is 9.81. The lowest BCUT2D eigenvalue weighted by molar-refractivity contribution is -0.129. The van der Waals surface area contributed by atoms with Crippen molar-refractivity contribution in [3.8, 4) is 16.9 Å². The lowest BCUT2D eigenvalue weighted by Crippen LogP contribution is -2.41. The third-order valence-electron chi connectivity index (χ3n) is 5.74. The summed E-state index contributed by atoms with van der Waals surface area (Å²) in [7, 11) is 1.66. The average molecular weight is 383 g/mol. The second-order valence-electron chi connectivity index (χ2n) is 7.41. The zero-order valence-electron chi connectivity index (χ0n) is 16.1. The molecule has 0 fully saturated rings. The summed E-state index contributed by atoms with van der Waals surface area (Å²) >= 11 is 0. The van der Waals surface area contributed by atoms with E-state index in [1.54, 1.807) is 7.05 Å². The summed E-state index contributed by atoms with van der Waals surface area (Å²) in [5.74, 6) is 0.996. The molecule has 5 heteroatoms. The third-order valence-corrected chi connectivity index (χ3v) is 5.74. The van der Waals surface area contributed by atoms with Crippen molar-refractivity contribution in [1.82, 2.24) is 4.90 Å². The van der Waals surface area contributed by atoms with Crippen molar-refractivity contribution in [1.29, 1.82) is 0 Å². The normalized spacial score (nSPS) is 20.4. The van der Waals surface area contributed by atoms with Gasteiger partial charge in [0, 0.05) is 13.5 Å². The fraction of sp³-hybridized carbons (Fsp3) is 0.167. The predicted octanol–water partition coefficient (Wildman–Crippen LogP) is 3.32. The van der Waals surface area contributed by atoms with Crippen LogP contribution < -0.4 is 10.5 Å². The molecule has 1 unspecified atom stereocenters. The number of nitrogens with zero attached hydrogens (tertiary/aromatic N) is 2. The highest BCUT2D eigenvalue weighted by Gasteiger charge is 2.49. The van der Waals surface area contributed by atoms with Crippen LogP contribution in [0.25, 0.3) is 11.1 Å². The van der Waals surface area contributed by atoms with E-state index >= 15 is 0 Å². The Kier molecular flexibility index (Phi) is 3.91. The van der Waals surface area contributed by atoms with Gasteiger partial charge in [0.25, 0.3) is 5.91 Å². The molecule has 0 saturated heterocycles. The van der Waals surface area contributed by atoms with Crippen LogP contribution in [0.1, 0.15) is 16.7 Å². The van der Waals surface area contributed by atoms with Gasteiger partial charge >= 0.3 is 0 Å². The molecule has 29 heavy (non-hydrogen) atoms. The minimum Gasteiger partial charge on any atom is -0.493 e. The van der Waals surface area contributed by atoms with E-state index in [4.69, 9.17) is 10.5 Å². The molecule has 0 saturated carbocycles. The van der Waals surface area contributed by atoms with E-state index < -0.39 is 5.54 Å². The summed E-state index contributed by atoms with van der Waals surface area (Å²) in [5, 5.41) is 0. The number of ether oxygens (including phenoxy) is 1. The number of guanidine groups is 1. The summed E-state index contributed by atoms with van der Waals surface area (Å²) < 4.78 is 5.73. The second kappa shape index (κ2) is 6.48. The number of amides is 1. The minimum atomic E-state index is -1.18. The number of carbonyl (C=O) groups is 1. The lowest BCUT2D eigenvalue weighted by Gasteiger charge is -2.26. The standard InChI is InChI=1S/C24H21N3O2/c1-27-22(28)24(26-23(27)25,19-7-3-2-4-8-19)20-9-5-6-17(14-20)18-11-10-16-12-13-29-21(16)15-18/h2-11,14-15H,12-13H2,1H3,(H2,25,26). The van der Waals surface area contributed by atoms with Crippen LogP contribution in [0.5, 0.6) is 5.75 Å². The van der Waals surface area contributed by atoms with Crippen molar-refractivity contribution in [2.24, 2.45) is 10.7 Å². The zero-order valence-corrected chi connectivity index (χ0v) is 16.1. The molecular weight excluding hydrogens is 362 g/mol. The number of rotatable bonds is 3. The van der Waals surface area contributed by atoms with Gasteiger partial charge in [-0.15, -0.1) is 0 Å². The molecule has 3 aromatic rings. The molecule has 1 atom stereocenters. The third kappa shape index (κ3) is 2.62. The van der Waals surface area contributed by atoms with Crippen LogP contribution in [0, 0.1) is 0 Å². The Hall–Kier alpha value is -3.60. The van der Waals surface area contributed by atoms with E-state index in [0.29, 0.717) is 0 Å². The molecule has 2 N–H and O–H groups in total. The summed E-state index contributed by atoms with van der Waals surface area (Å²) in [6.45, 7) is 0.727. The maximum absolute atomic E-state index is 13.4. The van der Waals surface area contributed by atoms with Crippen molar-refractivity contribution < 1.29 is 9.53 Å². The monoisotopic (exact) mass is 383 g/mol. The predicted molar refractivity (Wildman–Crippen MR) is 113 cm³/mol. The molecule has 5 rings (SSSR count). The Bertz CT molecular complexity index is 1140. The van der Waals surface area contributed by atoms with Gasteiger partial charge in [0.2, 0.25) is 0 Å². The molecule has 3 aromatic carbocycles. The summed E-state index contributed by atoms with van der Waals surface area (Å²) in [4.78, 5) is 19.4. The fourth-order valence-electron chi connectivity index (χ4n) is 4.13. The van der Waals surface area contributed by atoms with Crippen LogP contribution in [0.15, 0.2) is 77.8 Å². The number of likely N-dealkylation sites (N-methyl/N-ethyl adjacent to an activating group) is 1. The van der Waals surface area contributed by atoms with E-state index in [1.807, 2.05) is 54.6 Å². The molecule has 5 nitrogen and oxygen atoms in total. The van der Waals surface area contributed by atoms with E-state index in [-0.39, 0.29) is 11.9 Å². The first kappa shape index (κ1) is 17.5. The molecule has 1 amide bonds. The van der Waals surface area contributed by atoms with Gasteiger partial charge in [-0.05, 0) is 39.9 Å². The van der Waals surface area contributed by atoms with Gasteiger partial charge in [0.05, 0.1) is 6.61 Å². The number of hydrogen-bond acceptors (Lipinski definition) is 4. The van der Waals surface area contributed by atoms with Gasteiger partial charge in [-0.1, -0.05) is 60.7 Å². The topological polar surface area (TPSA) is 67.9 Å². The Morgan fingerprint density at radius 3 is 2.48 bits per heavy atom. The van der Waals surface area contributed by atoms with Crippen LogP contribution in [0.3, 0.4) is 0 Å². The highest BCUT2D eigenvalue weighted by atomic mass is 16.5. The Morgan fingerprint density at radius 2 is 1.72 bits per heavy atom. The zero-order chi connectivity index (χ0) is 20.0. The molecule has 2 heterocycles. The molecule has 0 spiro atoms. The number of hydrogen-bond donors (Lipinski definition) is 1. The van der Waals surface area contributed by atoms with Crippen LogP contribution in [-0.4, -0.2) is 30.4 Å². The summed E-state index contributed by atoms with van der Waals surface area (Å²) in [6.07, 6.45) is 0.946. The Balaban J connectivity index is 1.67. The number of fused-ring (bicyclic) bond motifs is 1. The molecule has 0 aromatic heterocycles. The number of aliphatic imine (C=N–C) groups is 1. The Morgan fingerprint density at radius 1 is 0.966 bits per heavy atom. The van der Waals surface area contributed by atoms with Gasteiger partial charge in [-0.2, -0.15) is 0 Å². The van der Waals surface area contributed by atoms with E-state index in [0.717, 1.165) is 41.0 Å². The Labute approximate surface area is 169 Å². The number of benzene rings is 3. The summed E-state index contributed by atoms with van der Waals surface area (Å²) in [6, 6.07) is 23.8. The molecule has 0 radical (unpaired) electrons. The highest BCUT2D eigenvalue weighted by molar-refractivity contribution is 6.09. The van der Waals surface area contributed by atoms with Gasteiger partial charge in [0.1, 0.15) is 5.75 Å². The van der Waals surface area contributed by atoms with Gasteiger partial charge in [-0.3, -0.25) is 9.69 Å². The van der Waals surface area contributed by atoms with E-state index in [2.05, 4.69) is 23.2 Å². The van der Waals surface area contributed by atoms with Crippen molar-refractivity contribution in [3.63, 3.8) is 0 Å². The van der Waals surface area contributed by atoms with E-state index in [1.165, 1.54) is 10.5 Å². The van der Waals surface area contributed by atoms with Crippen molar-refractivity contribution in [2.75, 3.05) is 13.7 Å². The minimum absolute atomic E-state index is 0.157. The van der Waals surface area contributed by atoms with Crippen molar-refractivity contribution in [3.05, 3.63) is 89.5 Å². The first-order valence-electron chi connectivity index (χ1n) is 9.65. The quantitative estimate of drug-likeness (QED) is 0.754. The number of nitrogens with two attached hydrogens (primary N) is 1. The smallest absolute Gasteiger partial charge is 0.266 e.